The van der Waals surface area contributed by atoms with Crippen LogP contribution in [0.4, 0.5) is 13.2 Å². The second kappa shape index (κ2) is 11.4. The molecule has 0 aliphatic carbocycles. The van der Waals surface area contributed by atoms with Gasteiger partial charge in [0.1, 0.15) is 0 Å². The minimum absolute atomic E-state index is 0. The maximum absolute atomic E-state index is 12.6. The van der Waals surface area contributed by atoms with E-state index in [2.05, 4.69) is 21.7 Å². The number of alkyl halides is 3. The van der Waals surface area contributed by atoms with Crippen LogP contribution in [0, 0.1) is 0 Å². The molecule has 0 aromatic heterocycles. The highest BCUT2D eigenvalue weighted by atomic mass is 127. The van der Waals surface area contributed by atoms with Gasteiger partial charge in [0.15, 0.2) is 5.96 Å². The second-order valence-corrected chi connectivity index (χ2v) is 7.21. The predicted octanol–water partition coefficient (Wildman–Crippen LogP) is 4.31. The maximum Gasteiger partial charge on any atom is 0.416 e. The Labute approximate surface area is 197 Å². The summed E-state index contributed by atoms with van der Waals surface area (Å²) < 4.78 is 37.9. The molecule has 0 bridgehead atoms. The van der Waals surface area contributed by atoms with E-state index in [1.54, 1.807) is 7.05 Å². The molecule has 0 saturated carbocycles. The van der Waals surface area contributed by atoms with Gasteiger partial charge in [-0.05, 0) is 35.2 Å². The van der Waals surface area contributed by atoms with Gasteiger partial charge in [0.05, 0.1) is 5.56 Å². The third-order valence-electron chi connectivity index (χ3n) is 4.96. The number of aliphatic imine (C=N–C) groups is 1. The molecule has 1 saturated heterocycles. The zero-order chi connectivity index (χ0) is 21.6. The van der Waals surface area contributed by atoms with Gasteiger partial charge in [-0.15, -0.1) is 24.0 Å². The number of amides is 1. The summed E-state index contributed by atoms with van der Waals surface area (Å²) in [6, 6.07) is 13.1. The van der Waals surface area contributed by atoms with E-state index in [1.807, 2.05) is 23.1 Å². The minimum atomic E-state index is -4.33. The quantitative estimate of drug-likeness (QED) is 0.323. The van der Waals surface area contributed by atoms with Gasteiger partial charge in [-0.2, -0.15) is 13.2 Å². The number of hydrogen-bond donors (Lipinski definition) is 2. The molecule has 1 heterocycles. The molecule has 2 aromatic carbocycles. The van der Waals surface area contributed by atoms with Gasteiger partial charge in [-0.1, -0.05) is 36.4 Å². The number of guanidine groups is 1. The van der Waals surface area contributed by atoms with Crippen LogP contribution in [0.25, 0.3) is 0 Å². The first-order valence-electron chi connectivity index (χ1n) is 9.81. The molecule has 0 radical (unpaired) electrons. The lowest BCUT2D eigenvalue weighted by molar-refractivity contribution is -0.137. The van der Waals surface area contributed by atoms with Gasteiger partial charge in [-0.25, -0.2) is 0 Å². The third kappa shape index (κ3) is 7.41. The molecule has 1 fully saturated rings. The van der Waals surface area contributed by atoms with E-state index in [0.29, 0.717) is 32.0 Å². The lowest BCUT2D eigenvalue weighted by Gasteiger charge is -2.16. The zero-order valence-electron chi connectivity index (χ0n) is 17.2. The van der Waals surface area contributed by atoms with Crippen LogP contribution >= 0.6 is 24.0 Å². The van der Waals surface area contributed by atoms with E-state index in [9.17, 15) is 18.0 Å². The molecule has 5 nitrogen and oxygen atoms in total. The van der Waals surface area contributed by atoms with Gasteiger partial charge in [-0.3, -0.25) is 9.79 Å². The van der Waals surface area contributed by atoms with E-state index < -0.39 is 11.7 Å². The summed E-state index contributed by atoms with van der Waals surface area (Å²) in [5.41, 5.74) is 2.20. The highest BCUT2D eigenvalue weighted by Gasteiger charge is 2.29. The van der Waals surface area contributed by atoms with Crippen LogP contribution in [-0.2, 0) is 30.6 Å². The molecule has 0 unspecified atom stereocenters. The van der Waals surface area contributed by atoms with E-state index in [4.69, 9.17) is 0 Å². The van der Waals surface area contributed by atoms with E-state index in [0.717, 1.165) is 41.8 Å². The largest absolute Gasteiger partial charge is 0.416 e. The summed E-state index contributed by atoms with van der Waals surface area (Å²) in [5, 5.41) is 6.30. The van der Waals surface area contributed by atoms with Crippen molar-refractivity contribution in [3.8, 4) is 0 Å². The summed E-state index contributed by atoms with van der Waals surface area (Å²) >= 11 is 0. The number of nitrogens with one attached hydrogen (secondary N) is 2. The van der Waals surface area contributed by atoms with Crippen molar-refractivity contribution in [2.24, 2.45) is 4.99 Å². The number of nitrogens with zero attached hydrogens (tertiary/aromatic N) is 2. The Hall–Kier alpha value is -2.30. The number of rotatable bonds is 6. The molecule has 9 heteroatoms. The molecule has 0 spiro atoms. The smallest absolute Gasteiger partial charge is 0.352 e. The van der Waals surface area contributed by atoms with Crippen LogP contribution in [0.1, 0.15) is 35.1 Å². The summed E-state index contributed by atoms with van der Waals surface area (Å²) in [5.74, 6) is 0.751. The van der Waals surface area contributed by atoms with Crippen molar-refractivity contribution >= 4 is 35.8 Å². The SMILES string of the molecule is CN=C(NCc1ccc(C(F)(F)F)cc1)NCc1cccc(CN2CCCC2=O)c1.I. The van der Waals surface area contributed by atoms with Gasteiger partial charge in [0, 0.05) is 39.6 Å². The van der Waals surface area contributed by atoms with Crippen molar-refractivity contribution in [3.05, 3.63) is 70.8 Å². The fraction of sp³-hybridized carbons (Fsp3) is 0.364. The topological polar surface area (TPSA) is 56.7 Å². The Morgan fingerprint density at radius 3 is 2.26 bits per heavy atom. The van der Waals surface area contributed by atoms with Crippen molar-refractivity contribution < 1.29 is 18.0 Å². The number of hydrogen-bond acceptors (Lipinski definition) is 2. The van der Waals surface area contributed by atoms with Crippen molar-refractivity contribution in [3.63, 3.8) is 0 Å². The minimum Gasteiger partial charge on any atom is -0.352 e. The molecule has 31 heavy (non-hydrogen) atoms. The summed E-state index contributed by atoms with van der Waals surface area (Å²) in [7, 11) is 1.64. The first kappa shape index (κ1) is 25.0. The average molecular weight is 546 g/mol. The molecule has 1 aliphatic heterocycles. The number of carbonyl (C=O) groups excluding carboxylic acids is 1. The van der Waals surface area contributed by atoms with Gasteiger partial charge in [0.25, 0.3) is 0 Å². The fourth-order valence-corrected chi connectivity index (χ4v) is 3.33. The first-order chi connectivity index (χ1) is 14.3. The molecule has 2 N–H and O–H groups in total. The van der Waals surface area contributed by atoms with Gasteiger partial charge >= 0.3 is 6.18 Å². The van der Waals surface area contributed by atoms with Gasteiger partial charge in [0.2, 0.25) is 5.91 Å². The number of benzene rings is 2. The molecule has 1 aliphatic rings. The van der Waals surface area contributed by atoms with Crippen LogP contribution in [0.2, 0.25) is 0 Å². The standard InChI is InChI=1S/C22H25F3N4O.HI/c1-26-21(27-13-16-7-9-19(10-8-16)22(23,24)25)28-14-17-4-2-5-18(12-17)15-29-11-3-6-20(29)30;/h2,4-5,7-10,12H,3,6,11,13-15H2,1H3,(H2,26,27,28);1H. The van der Waals surface area contributed by atoms with Crippen LogP contribution < -0.4 is 10.6 Å². The number of likely N-dealkylation sites (tertiary alicyclic amines) is 1. The third-order valence-corrected chi connectivity index (χ3v) is 4.96. The lowest BCUT2D eigenvalue weighted by atomic mass is 10.1. The Bertz CT molecular complexity index is 900. The van der Waals surface area contributed by atoms with Crippen LogP contribution in [0.15, 0.2) is 53.5 Å². The Morgan fingerprint density at radius 1 is 1.03 bits per heavy atom. The zero-order valence-corrected chi connectivity index (χ0v) is 19.5. The normalized spacial score (nSPS) is 14.4. The molecule has 0 atom stereocenters. The van der Waals surface area contributed by atoms with Crippen molar-refractivity contribution in [2.75, 3.05) is 13.6 Å². The molecule has 2 aromatic rings. The van der Waals surface area contributed by atoms with Crippen LogP contribution in [0.3, 0.4) is 0 Å². The van der Waals surface area contributed by atoms with E-state index >= 15 is 0 Å². The average Bonchev–Trinajstić information content (AvgIpc) is 3.12. The van der Waals surface area contributed by atoms with Crippen molar-refractivity contribution in [2.45, 2.75) is 38.7 Å². The maximum atomic E-state index is 12.6. The Balaban J connectivity index is 0.00000341. The van der Waals surface area contributed by atoms with E-state index in [-0.39, 0.29) is 29.9 Å². The molecule has 168 valence electrons. The summed E-state index contributed by atoms with van der Waals surface area (Å²) in [6.45, 7) is 2.32. The highest BCUT2D eigenvalue weighted by molar-refractivity contribution is 14.0. The van der Waals surface area contributed by atoms with Gasteiger partial charge < -0.3 is 15.5 Å². The number of carbonyl (C=O) groups is 1. The fourth-order valence-electron chi connectivity index (χ4n) is 3.33. The lowest BCUT2D eigenvalue weighted by Crippen LogP contribution is -2.36. The van der Waals surface area contributed by atoms with Crippen molar-refractivity contribution in [1.82, 2.24) is 15.5 Å². The van der Waals surface area contributed by atoms with E-state index in [1.165, 1.54) is 12.1 Å². The number of halogens is 4. The first-order valence-corrected chi connectivity index (χ1v) is 9.81. The molecule has 3 rings (SSSR count). The predicted molar refractivity (Wildman–Crippen MR) is 125 cm³/mol. The summed E-state index contributed by atoms with van der Waals surface area (Å²) in [4.78, 5) is 17.8. The molecular formula is C22H26F3IN4O. The van der Waals surface area contributed by atoms with Crippen LogP contribution in [0.5, 0.6) is 0 Å². The highest BCUT2D eigenvalue weighted by Crippen LogP contribution is 2.29. The van der Waals surface area contributed by atoms with Crippen molar-refractivity contribution in [1.29, 1.82) is 0 Å². The Kier molecular flexibility index (Phi) is 9.15. The molecule has 1 amide bonds. The Morgan fingerprint density at radius 2 is 1.68 bits per heavy atom. The second-order valence-electron chi connectivity index (χ2n) is 7.21. The summed E-state index contributed by atoms with van der Waals surface area (Å²) in [6.07, 6.45) is -2.79. The molecular weight excluding hydrogens is 520 g/mol. The monoisotopic (exact) mass is 546 g/mol. The van der Waals surface area contributed by atoms with Crippen LogP contribution in [-0.4, -0.2) is 30.4 Å².